The predicted octanol–water partition coefficient (Wildman–Crippen LogP) is 2.80. The Labute approximate surface area is 120 Å². The number of esters is 1. The van der Waals surface area contributed by atoms with Gasteiger partial charge in [-0.25, -0.2) is 4.98 Å². The van der Waals surface area contributed by atoms with Gasteiger partial charge in [-0.1, -0.05) is 6.07 Å². The van der Waals surface area contributed by atoms with Crippen molar-refractivity contribution in [3.63, 3.8) is 0 Å². The molecule has 6 heteroatoms. The van der Waals surface area contributed by atoms with Gasteiger partial charge in [0.05, 0.1) is 0 Å². The number of rotatable bonds is 4. The molecule has 1 aromatic heterocycles. The van der Waals surface area contributed by atoms with E-state index in [1.54, 1.807) is 39.8 Å². The maximum absolute atomic E-state index is 13.5. The lowest BCUT2D eigenvalue weighted by Crippen LogP contribution is -2.39. The molecule has 4 nitrogen and oxygen atoms in total. The lowest BCUT2D eigenvalue weighted by molar-refractivity contribution is -0.157. The first-order valence-corrected chi connectivity index (χ1v) is 6.75. The first-order valence-electron chi connectivity index (χ1n) is 5.96. The van der Waals surface area contributed by atoms with Crippen LogP contribution in [0.3, 0.4) is 0 Å². The van der Waals surface area contributed by atoms with E-state index in [0.717, 1.165) is 0 Å². The van der Waals surface area contributed by atoms with Crippen molar-refractivity contribution in [3.05, 3.63) is 28.2 Å². The van der Waals surface area contributed by atoms with E-state index in [9.17, 15) is 9.18 Å². The minimum atomic E-state index is -0.557. The Balaban J connectivity index is 2.54. The molecule has 0 aliphatic rings. The number of hydrogen-bond acceptors (Lipinski definition) is 4. The number of halogens is 2. The standard InChI is InChI=1S/C13H18BrFN2O2/c1-8(12(18)19-13(2,3)4)16-7-9-5-6-10(14)17-11(9)15/h5-6,8,16H,7H2,1-4H3/t8-/m1/s1. The highest BCUT2D eigenvalue weighted by atomic mass is 79.9. The van der Waals surface area contributed by atoms with Crippen LogP contribution in [0.15, 0.2) is 16.7 Å². The summed E-state index contributed by atoms with van der Waals surface area (Å²) in [4.78, 5) is 15.4. The SMILES string of the molecule is C[C@@H](NCc1ccc(Br)nc1F)C(=O)OC(C)(C)C. The quantitative estimate of drug-likeness (QED) is 0.680. The molecule has 19 heavy (non-hydrogen) atoms. The number of nitrogens with one attached hydrogen (secondary N) is 1. The largest absolute Gasteiger partial charge is 0.459 e. The Bertz CT molecular complexity index is 460. The smallest absolute Gasteiger partial charge is 0.323 e. The minimum absolute atomic E-state index is 0.215. The summed E-state index contributed by atoms with van der Waals surface area (Å²) in [6.45, 7) is 7.30. The number of hydrogen-bond donors (Lipinski definition) is 1. The van der Waals surface area contributed by atoms with Crippen LogP contribution in [0, 0.1) is 5.95 Å². The van der Waals surface area contributed by atoms with Gasteiger partial charge >= 0.3 is 5.97 Å². The lowest BCUT2D eigenvalue weighted by Gasteiger charge is -2.22. The second kappa shape index (κ2) is 6.43. The molecular formula is C13H18BrFN2O2. The Kier molecular flexibility index (Phi) is 5.43. The third-order valence-electron chi connectivity index (χ3n) is 2.25. The van der Waals surface area contributed by atoms with E-state index in [4.69, 9.17) is 4.74 Å². The molecule has 1 rings (SSSR count). The van der Waals surface area contributed by atoms with Crippen molar-refractivity contribution >= 4 is 21.9 Å². The maximum Gasteiger partial charge on any atom is 0.323 e. The molecule has 0 radical (unpaired) electrons. The van der Waals surface area contributed by atoms with Crippen molar-refractivity contribution in [2.75, 3.05) is 0 Å². The van der Waals surface area contributed by atoms with E-state index in [1.807, 2.05) is 0 Å². The topological polar surface area (TPSA) is 51.2 Å². The molecule has 0 bridgehead atoms. The molecule has 1 N–H and O–H groups in total. The number of nitrogens with zero attached hydrogens (tertiary/aromatic N) is 1. The first-order chi connectivity index (χ1) is 8.69. The monoisotopic (exact) mass is 332 g/mol. The summed E-state index contributed by atoms with van der Waals surface area (Å²) >= 11 is 3.09. The van der Waals surface area contributed by atoms with Gasteiger partial charge in [-0.15, -0.1) is 0 Å². The van der Waals surface area contributed by atoms with Crippen molar-refractivity contribution in [2.45, 2.75) is 45.9 Å². The van der Waals surface area contributed by atoms with Crippen LogP contribution in [0.5, 0.6) is 0 Å². The van der Waals surface area contributed by atoms with Gasteiger partial charge in [0, 0.05) is 12.1 Å². The van der Waals surface area contributed by atoms with Crippen LogP contribution >= 0.6 is 15.9 Å². The van der Waals surface area contributed by atoms with Crippen LogP contribution in [-0.2, 0) is 16.1 Å². The number of aromatic nitrogens is 1. The molecule has 0 aliphatic carbocycles. The molecule has 0 aliphatic heterocycles. The summed E-state index contributed by atoms with van der Waals surface area (Å²) in [7, 11) is 0. The number of carbonyl (C=O) groups excluding carboxylic acids is 1. The highest BCUT2D eigenvalue weighted by Gasteiger charge is 2.21. The zero-order chi connectivity index (χ0) is 14.6. The molecule has 0 aromatic carbocycles. The number of carbonyl (C=O) groups is 1. The zero-order valence-electron chi connectivity index (χ0n) is 11.5. The zero-order valence-corrected chi connectivity index (χ0v) is 13.0. The highest BCUT2D eigenvalue weighted by Crippen LogP contribution is 2.12. The lowest BCUT2D eigenvalue weighted by atomic mass is 10.2. The van der Waals surface area contributed by atoms with Gasteiger partial charge in [0.25, 0.3) is 0 Å². The number of pyridine rings is 1. The van der Waals surface area contributed by atoms with Gasteiger partial charge in [0.2, 0.25) is 5.95 Å². The highest BCUT2D eigenvalue weighted by molar-refractivity contribution is 9.10. The molecule has 1 atom stereocenters. The van der Waals surface area contributed by atoms with Crippen molar-refractivity contribution in [1.82, 2.24) is 10.3 Å². The number of ether oxygens (including phenoxy) is 1. The third-order valence-corrected chi connectivity index (χ3v) is 2.69. The van der Waals surface area contributed by atoms with Crippen LogP contribution in [0.4, 0.5) is 4.39 Å². The summed E-state index contributed by atoms with van der Waals surface area (Å²) in [6.07, 6.45) is 0. The van der Waals surface area contributed by atoms with Gasteiger partial charge < -0.3 is 10.1 Å². The Morgan fingerprint density at radius 2 is 2.16 bits per heavy atom. The fourth-order valence-electron chi connectivity index (χ4n) is 1.31. The molecular weight excluding hydrogens is 315 g/mol. The van der Waals surface area contributed by atoms with E-state index in [0.29, 0.717) is 10.2 Å². The van der Waals surface area contributed by atoms with Gasteiger partial charge in [-0.3, -0.25) is 4.79 Å². The normalized spacial score (nSPS) is 13.2. The Hall–Kier alpha value is -1.01. The average molecular weight is 333 g/mol. The second-order valence-electron chi connectivity index (χ2n) is 5.22. The summed E-state index contributed by atoms with van der Waals surface area (Å²) in [5.41, 5.74) is -0.129. The van der Waals surface area contributed by atoms with E-state index >= 15 is 0 Å². The van der Waals surface area contributed by atoms with E-state index in [1.165, 1.54) is 0 Å². The average Bonchev–Trinajstić information content (AvgIpc) is 2.25. The fraction of sp³-hybridized carbons (Fsp3) is 0.538. The molecule has 0 fully saturated rings. The molecule has 0 amide bonds. The summed E-state index contributed by atoms with van der Waals surface area (Å²) < 4.78 is 19.1. The second-order valence-corrected chi connectivity index (χ2v) is 6.03. The van der Waals surface area contributed by atoms with E-state index in [-0.39, 0.29) is 12.5 Å². The van der Waals surface area contributed by atoms with Crippen molar-refractivity contribution < 1.29 is 13.9 Å². The Morgan fingerprint density at radius 1 is 1.53 bits per heavy atom. The van der Waals surface area contributed by atoms with Gasteiger partial charge in [0.1, 0.15) is 16.2 Å². The van der Waals surface area contributed by atoms with Crippen LogP contribution in [-0.4, -0.2) is 22.6 Å². The first kappa shape index (κ1) is 16.0. The van der Waals surface area contributed by atoms with Crippen LogP contribution in [0.2, 0.25) is 0 Å². The third kappa shape index (κ3) is 5.65. The van der Waals surface area contributed by atoms with E-state index < -0.39 is 17.6 Å². The Morgan fingerprint density at radius 3 is 2.68 bits per heavy atom. The van der Waals surface area contributed by atoms with Crippen molar-refractivity contribution in [3.8, 4) is 0 Å². The molecule has 1 heterocycles. The molecule has 0 unspecified atom stereocenters. The molecule has 1 aromatic rings. The molecule has 106 valence electrons. The van der Waals surface area contributed by atoms with Gasteiger partial charge in [-0.05, 0) is 49.7 Å². The van der Waals surface area contributed by atoms with Crippen LogP contribution in [0.1, 0.15) is 33.3 Å². The van der Waals surface area contributed by atoms with Crippen LogP contribution in [0.25, 0.3) is 0 Å². The maximum atomic E-state index is 13.5. The van der Waals surface area contributed by atoms with Crippen molar-refractivity contribution in [2.24, 2.45) is 0 Å². The molecule has 0 saturated heterocycles. The van der Waals surface area contributed by atoms with Gasteiger partial charge in [-0.2, -0.15) is 4.39 Å². The predicted molar refractivity (Wildman–Crippen MR) is 74.0 cm³/mol. The summed E-state index contributed by atoms with van der Waals surface area (Å²) in [6, 6.07) is 2.75. The molecule has 0 saturated carbocycles. The summed E-state index contributed by atoms with van der Waals surface area (Å²) in [5, 5.41) is 2.91. The summed E-state index contributed by atoms with van der Waals surface area (Å²) in [5.74, 6) is -0.920. The fourth-order valence-corrected chi connectivity index (χ4v) is 1.60. The van der Waals surface area contributed by atoms with Crippen molar-refractivity contribution in [1.29, 1.82) is 0 Å². The van der Waals surface area contributed by atoms with Gasteiger partial charge in [0.15, 0.2) is 0 Å². The minimum Gasteiger partial charge on any atom is -0.459 e. The molecule has 0 spiro atoms. The van der Waals surface area contributed by atoms with Crippen LogP contribution < -0.4 is 5.32 Å². The van der Waals surface area contributed by atoms with E-state index in [2.05, 4.69) is 26.2 Å².